The quantitative estimate of drug-likeness (QED) is 0.746. The number of thioether (sulfide) groups is 1. The highest BCUT2D eigenvalue weighted by Crippen LogP contribution is 2.24. The molecule has 1 N–H and O–H groups in total. The molecule has 6 nitrogen and oxygen atoms in total. The number of benzene rings is 1. The van der Waals surface area contributed by atoms with Crippen LogP contribution in [-0.4, -0.2) is 49.4 Å². The molecule has 2 rings (SSSR count). The summed E-state index contributed by atoms with van der Waals surface area (Å²) in [6.45, 7) is 1.47. The van der Waals surface area contributed by atoms with E-state index in [9.17, 15) is 18.0 Å². The maximum absolute atomic E-state index is 11.8. The molecule has 1 aromatic carbocycles. The third-order valence-electron chi connectivity index (χ3n) is 3.39. The Labute approximate surface area is 150 Å². The zero-order valence-corrected chi connectivity index (χ0v) is 15.5. The summed E-state index contributed by atoms with van der Waals surface area (Å²) >= 11 is 7.25. The van der Waals surface area contributed by atoms with Crippen molar-refractivity contribution in [2.75, 3.05) is 29.2 Å². The molecule has 0 spiro atoms. The van der Waals surface area contributed by atoms with Gasteiger partial charge in [0, 0.05) is 5.25 Å². The number of carbonyl (C=O) groups is 2. The van der Waals surface area contributed by atoms with Crippen molar-refractivity contribution in [3.63, 3.8) is 0 Å². The van der Waals surface area contributed by atoms with E-state index in [0.29, 0.717) is 17.1 Å². The van der Waals surface area contributed by atoms with Crippen LogP contribution in [0.5, 0.6) is 0 Å². The highest BCUT2D eigenvalue weighted by Gasteiger charge is 2.28. The van der Waals surface area contributed by atoms with E-state index in [4.69, 9.17) is 16.3 Å². The van der Waals surface area contributed by atoms with Gasteiger partial charge in [-0.15, -0.1) is 11.8 Å². The van der Waals surface area contributed by atoms with Gasteiger partial charge in [0.1, 0.15) is 0 Å². The summed E-state index contributed by atoms with van der Waals surface area (Å²) in [5, 5.41) is 2.90. The third kappa shape index (κ3) is 5.99. The first-order valence-electron chi connectivity index (χ1n) is 7.29. The molecule has 1 amide bonds. The number of ether oxygens (including phenoxy) is 1. The Morgan fingerprint density at radius 1 is 1.42 bits per heavy atom. The summed E-state index contributed by atoms with van der Waals surface area (Å²) in [6.07, 6.45) is 0.548. The van der Waals surface area contributed by atoms with E-state index in [0.717, 1.165) is 5.56 Å². The van der Waals surface area contributed by atoms with Gasteiger partial charge in [-0.1, -0.05) is 17.7 Å². The first-order valence-corrected chi connectivity index (χ1v) is 10.5. The van der Waals surface area contributed by atoms with E-state index in [1.165, 1.54) is 11.8 Å². The molecule has 1 aromatic rings. The van der Waals surface area contributed by atoms with Crippen LogP contribution >= 0.6 is 23.4 Å². The molecule has 0 radical (unpaired) electrons. The molecule has 0 bridgehead atoms. The summed E-state index contributed by atoms with van der Waals surface area (Å²) in [4.78, 5) is 23.4. The van der Waals surface area contributed by atoms with Crippen molar-refractivity contribution in [1.82, 2.24) is 0 Å². The minimum absolute atomic E-state index is 0.0265. The fourth-order valence-electron chi connectivity index (χ4n) is 2.17. The fraction of sp³-hybridized carbons (Fsp3) is 0.467. The smallest absolute Gasteiger partial charge is 0.316 e. The average Bonchev–Trinajstić information content (AvgIpc) is 2.85. The molecule has 0 unspecified atom stereocenters. The Morgan fingerprint density at radius 3 is 2.79 bits per heavy atom. The minimum Gasteiger partial charge on any atom is -0.455 e. The topological polar surface area (TPSA) is 89.5 Å². The Hall–Kier alpha value is -1.25. The Balaban J connectivity index is 1.70. The number of aryl methyl sites for hydroxylation is 1. The van der Waals surface area contributed by atoms with E-state index in [1.54, 1.807) is 18.2 Å². The van der Waals surface area contributed by atoms with E-state index in [2.05, 4.69) is 5.32 Å². The summed E-state index contributed by atoms with van der Waals surface area (Å²) in [6, 6.07) is 5.20. The molecule has 1 heterocycles. The molecule has 132 valence electrons. The molecule has 1 saturated heterocycles. The Kier molecular flexibility index (Phi) is 6.54. The number of sulfone groups is 1. The molecular formula is C15H18ClNO5S2. The number of anilines is 1. The number of carbonyl (C=O) groups excluding carboxylic acids is 2. The molecule has 1 aliphatic rings. The van der Waals surface area contributed by atoms with Gasteiger partial charge in [-0.25, -0.2) is 8.42 Å². The molecule has 0 aliphatic carbocycles. The van der Waals surface area contributed by atoms with Crippen molar-refractivity contribution in [3.8, 4) is 0 Å². The van der Waals surface area contributed by atoms with Crippen molar-refractivity contribution in [3.05, 3.63) is 28.8 Å². The second kappa shape index (κ2) is 8.22. The van der Waals surface area contributed by atoms with Crippen molar-refractivity contribution in [2.24, 2.45) is 0 Å². The first kappa shape index (κ1) is 19.1. The number of halogens is 1. The van der Waals surface area contributed by atoms with Crippen LogP contribution in [0.3, 0.4) is 0 Å². The molecular weight excluding hydrogens is 374 g/mol. The lowest BCUT2D eigenvalue weighted by Crippen LogP contribution is -2.22. The second-order valence-electron chi connectivity index (χ2n) is 5.53. The zero-order valence-electron chi connectivity index (χ0n) is 13.1. The van der Waals surface area contributed by atoms with Gasteiger partial charge < -0.3 is 10.1 Å². The lowest BCUT2D eigenvalue weighted by molar-refractivity contribution is -0.144. The predicted octanol–water partition coefficient (Wildman–Crippen LogP) is 2.05. The molecule has 24 heavy (non-hydrogen) atoms. The predicted molar refractivity (Wildman–Crippen MR) is 95.3 cm³/mol. The summed E-state index contributed by atoms with van der Waals surface area (Å²) in [5.41, 5.74) is 1.42. The van der Waals surface area contributed by atoms with Crippen LogP contribution in [-0.2, 0) is 24.2 Å². The normalized spacial score (nSPS) is 19.0. The summed E-state index contributed by atoms with van der Waals surface area (Å²) in [5.74, 6) is -0.743. The molecule has 1 atom stereocenters. The highest BCUT2D eigenvalue weighted by molar-refractivity contribution is 8.02. The number of rotatable bonds is 6. The Morgan fingerprint density at radius 2 is 2.17 bits per heavy atom. The molecule has 1 fully saturated rings. The maximum atomic E-state index is 11.8. The third-order valence-corrected chi connectivity index (χ3v) is 6.96. The molecule has 9 heteroatoms. The van der Waals surface area contributed by atoms with Crippen LogP contribution < -0.4 is 5.32 Å². The van der Waals surface area contributed by atoms with E-state index in [1.807, 2.05) is 6.92 Å². The maximum Gasteiger partial charge on any atom is 0.316 e. The largest absolute Gasteiger partial charge is 0.455 e. The SMILES string of the molecule is Cc1ccc(NC(=O)COC(=O)CS[C@H]2CCS(=O)(=O)C2)c(Cl)c1. The lowest BCUT2D eigenvalue weighted by Gasteiger charge is -2.09. The number of amides is 1. The van der Waals surface area contributed by atoms with Gasteiger partial charge in [0.15, 0.2) is 16.4 Å². The number of hydrogen-bond acceptors (Lipinski definition) is 6. The molecule has 0 saturated carbocycles. The standard InChI is InChI=1S/C15H18ClNO5S2/c1-10-2-3-13(12(16)6-10)17-14(18)7-22-15(19)8-23-11-4-5-24(20,21)9-11/h2-3,6,11H,4-5,7-9H2,1H3,(H,17,18)/t11-/m0/s1. The van der Waals surface area contributed by atoms with Crippen molar-refractivity contribution in [2.45, 2.75) is 18.6 Å². The zero-order chi connectivity index (χ0) is 17.7. The number of nitrogens with one attached hydrogen (secondary N) is 1. The average molecular weight is 392 g/mol. The van der Waals surface area contributed by atoms with Gasteiger partial charge in [0.05, 0.1) is 28.0 Å². The second-order valence-corrected chi connectivity index (χ2v) is 9.45. The Bertz CT molecular complexity index is 735. The molecule has 0 aromatic heterocycles. The van der Waals surface area contributed by atoms with Gasteiger partial charge >= 0.3 is 5.97 Å². The van der Waals surface area contributed by atoms with Crippen LogP contribution in [0.1, 0.15) is 12.0 Å². The van der Waals surface area contributed by atoms with Gasteiger partial charge in [-0.2, -0.15) is 0 Å². The fourth-order valence-corrected chi connectivity index (χ4v) is 5.90. The molecule has 1 aliphatic heterocycles. The first-order chi connectivity index (χ1) is 11.2. The van der Waals surface area contributed by atoms with Crippen molar-refractivity contribution in [1.29, 1.82) is 0 Å². The summed E-state index contributed by atoms with van der Waals surface area (Å²) < 4.78 is 27.5. The van der Waals surface area contributed by atoms with Crippen LogP contribution in [0, 0.1) is 6.92 Å². The van der Waals surface area contributed by atoms with Crippen LogP contribution in [0.15, 0.2) is 18.2 Å². The van der Waals surface area contributed by atoms with E-state index >= 15 is 0 Å². The van der Waals surface area contributed by atoms with Gasteiger partial charge in [-0.3, -0.25) is 9.59 Å². The summed E-state index contributed by atoms with van der Waals surface area (Å²) in [7, 11) is -2.96. The van der Waals surface area contributed by atoms with Gasteiger partial charge in [0.25, 0.3) is 5.91 Å². The van der Waals surface area contributed by atoms with Crippen LogP contribution in [0.25, 0.3) is 0 Å². The highest BCUT2D eigenvalue weighted by atomic mass is 35.5. The van der Waals surface area contributed by atoms with E-state index in [-0.39, 0.29) is 22.5 Å². The lowest BCUT2D eigenvalue weighted by atomic mass is 10.2. The van der Waals surface area contributed by atoms with Crippen LogP contribution in [0.2, 0.25) is 5.02 Å². The van der Waals surface area contributed by atoms with Crippen LogP contribution in [0.4, 0.5) is 5.69 Å². The van der Waals surface area contributed by atoms with Gasteiger partial charge in [0.2, 0.25) is 0 Å². The minimum atomic E-state index is -2.96. The van der Waals surface area contributed by atoms with E-state index < -0.39 is 28.3 Å². The number of esters is 1. The number of hydrogen-bond donors (Lipinski definition) is 1. The van der Waals surface area contributed by atoms with Gasteiger partial charge in [-0.05, 0) is 31.0 Å². The van der Waals surface area contributed by atoms with Crippen molar-refractivity contribution >= 4 is 50.8 Å². The van der Waals surface area contributed by atoms with Crippen molar-refractivity contribution < 1.29 is 22.7 Å². The monoisotopic (exact) mass is 391 g/mol.